The molecule has 100 valence electrons. The molecule has 0 radical (unpaired) electrons. The predicted octanol–water partition coefficient (Wildman–Crippen LogP) is 4.73. The van der Waals surface area contributed by atoms with Crippen molar-refractivity contribution in [2.24, 2.45) is 0 Å². The van der Waals surface area contributed by atoms with Gasteiger partial charge in [-0.15, -0.1) is 0 Å². The topological polar surface area (TPSA) is 30.2 Å². The molecule has 0 N–H and O–H groups in total. The van der Waals surface area contributed by atoms with E-state index in [1.807, 2.05) is 38.1 Å². The Morgan fingerprint density at radius 1 is 1.05 bits per heavy atom. The summed E-state index contributed by atoms with van der Waals surface area (Å²) in [6.45, 7) is 3.90. The zero-order valence-electron chi connectivity index (χ0n) is 11.2. The molecule has 0 aliphatic heterocycles. The van der Waals surface area contributed by atoms with Crippen LogP contribution in [0.15, 0.2) is 51.7 Å². The Morgan fingerprint density at radius 2 is 1.85 bits per heavy atom. The van der Waals surface area contributed by atoms with Crippen molar-refractivity contribution in [3.05, 3.63) is 68.8 Å². The van der Waals surface area contributed by atoms with Gasteiger partial charge in [0, 0.05) is 16.7 Å². The van der Waals surface area contributed by atoms with Gasteiger partial charge in [-0.3, -0.25) is 4.79 Å². The highest BCUT2D eigenvalue weighted by Gasteiger charge is 2.09. The highest BCUT2D eigenvalue weighted by molar-refractivity contribution is 6.32. The lowest BCUT2D eigenvalue weighted by molar-refractivity contribution is 0.618. The van der Waals surface area contributed by atoms with E-state index < -0.39 is 0 Å². The molecule has 0 spiro atoms. The monoisotopic (exact) mass is 284 g/mol. The molecular formula is C17H13ClO2. The number of halogens is 1. The van der Waals surface area contributed by atoms with Crippen LogP contribution in [0.25, 0.3) is 22.3 Å². The van der Waals surface area contributed by atoms with E-state index in [0.717, 1.165) is 16.7 Å². The highest BCUT2D eigenvalue weighted by atomic mass is 35.5. The van der Waals surface area contributed by atoms with Gasteiger partial charge in [0.1, 0.15) is 11.3 Å². The molecule has 2 aromatic carbocycles. The number of hydrogen-bond acceptors (Lipinski definition) is 2. The second-order valence-corrected chi connectivity index (χ2v) is 5.35. The fraction of sp³-hybridized carbons (Fsp3) is 0.118. The third-order valence-corrected chi connectivity index (χ3v) is 3.72. The second-order valence-electron chi connectivity index (χ2n) is 4.94. The average Bonchev–Trinajstić information content (AvgIpc) is 2.41. The van der Waals surface area contributed by atoms with E-state index >= 15 is 0 Å². The first-order valence-electron chi connectivity index (χ1n) is 6.35. The molecule has 0 unspecified atom stereocenters. The van der Waals surface area contributed by atoms with Gasteiger partial charge in [0.05, 0.1) is 5.39 Å². The maximum Gasteiger partial charge on any atom is 0.193 e. The predicted molar refractivity (Wildman–Crippen MR) is 82.4 cm³/mol. The molecule has 20 heavy (non-hydrogen) atoms. The fourth-order valence-corrected chi connectivity index (χ4v) is 2.38. The third kappa shape index (κ3) is 2.23. The first-order chi connectivity index (χ1) is 9.54. The van der Waals surface area contributed by atoms with Crippen molar-refractivity contribution < 1.29 is 4.42 Å². The average molecular weight is 285 g/mol. The molecule has 3 aromatic rings. The summed E-state index contributed by atoms with van der Waals surface area (Å²) in [5.74, 6) is 0.577. The zero-order chi connectivity index (χ0) is 14.3. The second kappa shape index (κ2) is 4.80. The van der Waals surface area contributed by atoms with Crippen molar-refractivity contribution in [1.82, 2.24) is 0 Å². The van der Waals surface area contributed by atoms with Gasteiger partial charge < -0.3 is 4.42 Å². The van der Waals surface area contributed by atoms with Crippen LogP contribution < -0.4 is 5.43 Å². The molecule has 1 heterocycles. The van der Waals surface area contributed by atoms with Crippen molar-refractivity contribution in [1.29, 1.82) is 0 Å². The van der Waals surface area contributed by atoms with Crippen LogP contribution in [0, 0.1) is 13.8 Å². The molecule has 0 amide bonds. The van der Waals surface area contributed by atoms with Crippen molar-refractivity contribution in [2.45, 2.75) is 13.8 Å². The fourth-order valence-electron chi connectivity index (χ4n) is 2.22. The van der Waals surface area contributed by atoms with Gasteiger partial charge in [-0.25, -0.2) is 0 Å². The molecule has 0 saturated carbocycles. The van der Waals surface area contributed by atoms with Gasteiger partial charge in [0.2, 0.25) is 0 Å². The molecular weight excluding hydrogens is 272 g/mol. The first kappa shape index (κ1) is 12.9. The Labute approximate surface area is 121 Å². The third-order valence-electron chi connectivity index (χ3n) is 3.31. The van der Waals surface area contributed by atoms with Crippen LogP contribution >= 0.6 is 11.6 Å². The molecule has 0 fully saturated rings. The van der Waals surface area contributed by atoms with Gasteiger partial charge in [-0.1, -0.05) is 35.4 Å². The normalized spacial score (nSPS) is 10.9. The summed E-state index contributed by atoms with van der Waals surface area (Å²) in [6.07, 6.45) is 0. The summed E-state index contributed by atoms with van der Waals surface area (Å²) >= 11 is 6.06. The van der Waals surface area contributed by atoms with E-state index in [9.17, 15) is 4.79 Å². The highest BCUT2D eigenvalue weighted by Crippen LogP contribution is 2.26. The van der Waals surface area contributed by atoms with Crippen molar-refractivity contribution >= 4 is 22.6 Å². The Kier molecular flexibility index (Phi) is 3.11. The lowest BCUT2D eigenvalue weighted by atomic mass is 10.1. The maximum atomic E-state index is 12.2. The number of aryl methyl sites for hydroxylation is 2. The molecule has 2 nitrogen and oxygen atoms in total. The summed E-state index contributed by atoms with van der Waals surface area (Å²) < 4.78 is 5.86. The smallest absolute Gasteiger partial charge is 0.193 e. The van der Waals surface area contributed by atoms with Gasteiger partial charge in [-0.05, 0) is 37.6 Å². The van der Waals surface area contributed by atoms with Crippen LogP contribution in [0.5, 0.6) is 0 Å². The van der Waals surface area contributed by atoms with Crippen molar-refractivity contribution in [2.75, 3.05) is 0 Å². The summed E-state index contributed by atoms with van der Waals surface area (Å²) in [7, 11) is 0. The van der Waals surface area contributed by atoms with E-state index in [2.05, 4.69) is 0 Å². The van der Waals surface area contributed by atoms with E-state index in [4.69, 9.17) is 16.0 Å². The molecule has 0 aliphatic rings. The summed E-state index contributed by atoms with van der Waals surface area (Å²) in [5.41, 5.74) is 3.40. The molecule has 3 heteroatoms. The molecule has 0 aliphatic carbocycles. The molecule has 0 bridgehead atoms. The summed E-state index contributed by atoms with van der Waals surface area (Å²) in [4.78, 5) is 12.2. The minimum Gasteiger partial charge on any atom is -0.456 e. The van der Waals surface area contributed by atoms with Crippen molar-refractivity contribution in [3.8, 4) is 11.3 Å². The molecule has 3 rings (SSSR count). The van der Waals surface area contributed by atoms with Gasteiger partial charge >= 0.3 is 0 Å². The van der Waals surface area contributed by atoms with E-state index in [1.165, 1.54) is 6.07 Å². The lowest BCUT2D eigenvalue weighted by Gasteiger charge is -2.05. The Balaban J connectivity index is 2.29. The van der Waals surface area contributed by atoms with Crippen LogP contribution in [0.1, 0.15) is 11.1 Å². The zero-order valence-corrected chi connectivity index (χ0v) is 12.0. The van der Waals surface area contributed by atoms with E-state index in [1.54, 1.807) is 12.1 Å². The van der Waals surface area contributed by atoms with Gasteiger partial charge in [-0.2, -0.15) is 0 Å². The number of hydrogen-bond donors (Lipinski definition) is 0. The molecule has 0 saturated heterocycles. The first-order valence-corrected chi connectivity index (χ1v) is 6.73. The van der Waals surface area contributed by atoms with Crippen LogP contribution in [0.2, 0.25) is 5.02 Å². The minimum absolute atomic E-state index is 0.0790. The standard InChI is InChI=1S/C17H13ClO2/c1-10-4-3-5-12(6-10)16-9-15(19)13-8-14(18)11(2)7-17(13)20-16/h3-9H,1-2H3. The molecule has 0 atom stereocenters. The summed E-state index contributed by atoms with van der Waals surface area (Å²) in [5, 5.41) is 1.09. The minimum atomic E-state index is -0.0790. The number of benzene rings is 2. The van der Waals surface area contributed by atoms with Crippen LogP contribution in [0.4, 0.5) is 0 Å². The quantitative estimate of drug-likeness (QED) is 0.646. The molecule has 1 aromatic heterocycles. The van der Waals surface area contributed by atoms with Gasteiger partial charge in [0.25, 0.3) is 0 Å². The largest absolute Gasteiger partial charge is 0.456 e. The Bertz CT molecular complexity index is 862. The summed E-state index contributed by atoms with van der Waals surface area (Å²) in [6, 6.07) is 12.9. The van der Waals surface area contributed by atoms with E-state index in [-0.39, 0.29) is 5.43 Å². The number of rotatable bonds is 1. The van der Waals surface area contributed by atoms with Crippen LogP contribution in [-0.2, 0) is 0 Å². The maximum absolute atomic E-state index is 12.2. The Morgan fingerprint density at radius 3 is 2.60 bits per heavy atom. The lowest BCUT2D eigenvalue weighted by Crippen LogP contribution is -2.00. The SMILES string of the molecule is Cc1cccc(-c2cc(=O)c3cc(Cl)c(C)cc3o2)c1. The number of fused-ring (bicyclic) bond motifs is 1. The van der Waals surface area contributed by atoms with Crippen molar-refractivity contribution in [3.63, 3.8) is 0 Å². The van der Waals surface area contributed by atoms with E-state index in [0.29, 0.717) is 21.8 Å². The van der Waals surface area contributed by atoms with Crippen LogP contribution in [0.3, 0.4) is 0 Å². The van der Waals surface area contributed by atoms with Gasteiger partial charge in [0.15, 0.2) is 5.43 Å². The Hall–Kier alpha value is -2.06. The van der Waals surface area contributed by atoms with Crippen LogP contribution in [-0.4, -0.2) is 0 Å².